The first kappa shape index (κ1) is 23.6. The summed E-state index contributed by atoms with van der Waals surface area (Å²) in [5.41, 5.74) is 11.2. The van der Waals surface area contributed by atoms with Gasteiger partial charge in [-0.25, -0.2) is 9.97 Å². The van der Waals surface area contributed by atoms with Gasteiger partial charge in [0, 0.05) is 40.3 Å². The molecule has 0 radical (unpaired) electrons. The first-order chi connectivity index (χ1) is 19.7. The van der Waals surface area contributed by atoms with Crippen LogP contribution in [-0.2, 0) is 0 Å². The molecule has 40 heavy (non-hydrogen) atoms. The van der Waals surface area contributed by atoms with Crippen molar-refractivity contribution in [3.63, 3.8) is 0 Å². The summed E-state index contributed by atoms with van der Waals surface area (Å²) >= 11 is 0. The van der Waals surface area contributed by atoms with Crippen LogP contribution in [0, 0.1) is 0 Å². The fourth-order valence-corrected chi connectivity index (χ4v) is 5.34. The van der Waals surface area contributed by atoms with E-state index in [1.54, 1.807) is 6.20 Å². The van der Waals surface area contributed by atoms with Crippen LogP contribution < -0.4 is 16.2 Å². The first-order valence-corrected chi connectivity index (χ1v) is 13.2. The number of nitrogens with zero attached hydrogens (tertiary/aromatic N) is 4. The molecule has 0 spiro atoms. The average molecular weight is 519 g/mol. The van der Waals surface area contributed by atoms with E-state index in [9.17, 15) is 0 Å². The zero-order valence-electron chi connectivity index (χ0n) is 21.9. The number of benzene rings is 3. The Bertz CT molecular complexity index is 2280. The molecule has 6 heteroatoms. The lowest BCUT2D eigenvalue weighted by molar-refractivity contribution is 1.07. The van der Waals surface area contributed by atoms with Crippen LogP contribution in [0.5, 0.6) is 0 Å². The van der Waals surface area contributed by atoms with Gasteiger partial charge < -0.3 is 10.7 Å². The van der Waals surface area contributed by atoms with E-state index >= 15 is 0 Å². The van der Waals surface area contributed by atoms with Crippen LogP contribution in [0.2, 0.25) is 0 Å². The topological polar surface area (TPSA) is 85.4 Å². The van der Waals surface area contributed by atoms with E-state index in [1.807, 2.05) is 80.0 Å². The van der Waals surface area contributed by atoms with Crippen LogP contribution in [0.4, 0.5) is 0 Å². The molecule has 0 fully saturated rings. The Kier molecular flexibility index (Phi) is 5.71. The van der Waals surface area contributed by atoms with Crippen molar-refractivity contribution < 1.29 is 0 Å². The molecule has 3 aromatic carbocycles. The number of hydrogen-bond donors (Lipinski definition) is 2. The van der Waals surface area contributed by atoms with E-state index in [2.05, 4.69) is 57.0 Å². The van der Waals surface area contributed by atoms with E-state index in [-0.39, 0.29) is 0 Å². The molecule has 8 rings (SSSR count). The summed E-state index contributed by atoms with van der Waals surface area (Å²) in [5.74, 6) is 0.841. The Hall–Kier alpha value is -5.49. The minimum Gasteiger partial charge on any atom is -0.404 e. The smallest absolute Gasteiger partial charge is 0.149 e. The van der Waals surface area contributed by atoms with Crippen LogP contribution in [0.25, 0.3) is 72.9 Å². The van der Waals surface area contributed by atoms with Gasteiger partial charge in [-0.1, -0.05) is 72.8 Å². The van der Waals surface area contributed by atoms with Crippen molar-refractivity contribution in [2.24, 2.45) is 5.73 Å². The molecule has 0 bridgehead atoms. The van der Waals surface area contributed by atoms with Crippen LogP contribution in [0.3, 0.4) is 0 Å². The van der Waals surface area contributed by atoms with Crippen LogP contribution in [0.15, 0.2) is 109 Å². The molecule has 8 aromatic rings. The van der Waals surface area contributed by atoms with E-state index in [1.165, 1.54) is 5.22 Å². The maximum Gasteiger partial charge on any atom is 0.149 e. The molecule has 0 saturated carbocycles. The number of H-pyrrole nitrogens is 1. The number of aromatic nitrogens is 5. The Morgan fingerprint density at radius 2 is 1.50 bits per heavy atom. The lowest BCUT2D eigenvalue weighted by Crippen LogP contribution is -2.24. The lowest BCUT2D eigenvalue weighted by Gasteiger charge is -2.07. The highest BCUT2D eigenvalue weighted by Crippen LogP contribution is 2.33. The van der Waals surface area contributed by atoms with Crippen LogP contribution >= 0.6 is 0 Å². The fraction of sp³-hybridized carbons (Fsp3) is 0.0294. The molecule has 0 saturated heterocycles. The van der Waals surface area contributed by atoms with Gasteiger partial charge in [0.05, 0.1) is 22.1 Å². The molecule has 0 aliphatic heterocycles. The lowest BCUT2D eigenvalue weighted by atomic mass is 10.2. The third-order valence-corrected chi connectivity index (χ3v) is 7.28. The van der Waals surface area contributed by atoms with Crippen molar-refractivity contribution >= 4 is 67.1 Å². The summed E-state index contributed by atoms with van der Waals surface area (Å²) in [5, 5.41) is 6.67. The second kappa shape index (κ2) is 9.67. The quantitative estimate of drug-likeness (QED) is 0.282. The van der Waals surface area contributed by atoms with Gasteiger partial charge in [0.25, 0.3) is 0 Å². The summed E-state index contributed by atoms with van der Waals surface area (Å²) < 4.78 is 2.12. The predicted molar refractivity (Wildman–Crippen MR) is 166 cm³/mol. The van der Waals surface area contributed by atoms with Crippen LogP contribution in [-0.4, -0.2) is 24.5 Å². The maximum absolute atomic E-state index is 5.38. The molecule has 0 atom stereocenters. The predicted octanol–water partition coefficient (Wildman–Crippen LogP) is 5.94. The van der Waals surface area contributed by atoms with Gasteiger partial charge in [0.2, 0.25) is 0 Å². The Morgan fingerprint density at radius 3 is 2.33 bits per heavy atom. The number of fused-ring (bicyclic) bond motifs is 7. The minimum absolute atomic E-state index is 0.841. The van der Waals surface area contributed by atoms with E-state index in [4.69, 9.17) is 15.7 Å². The second-order valence-electron chi connectivity index (χ2n) is 9.61. The number of aromatic amines is 1. The molecule has 6 nitrogen and oxygen atoms in total. The molecular formula is C34H26N6. The number of rotatable bonds is 1. The van der Waals surface area contributed by atoms with Gasteiger partial charge in [-0.05, 0) is 53.1 Å². The molecule has 5 heterocycles. The number of hydrogen-bond acceptors (Lipinski definition) is 4. The molecule has 0 amide bonds. The maximum atomic E-state index is 5.38. The molecule has 0 unspecified atom stereocenters. The largest absolute Gasteiger partial charge is 0.404 e. The highest BCUT2D eigenvalue weighted by Gasteiger charge is 2.18. The van der Waals surface area contributed by atoms with Crippen molar-refractivity contribution in [2.45, 2.75) is 6.92 Å². The van der Waals surface area contributed by atoms with Crippen molar-refractivity contribution in [1.82, 2.24) is 24.5 Å². The van der Waals surface area contributed by atoms with E-state index in [0.717, 1.165) is 65.8 Å². The van der Waals surface area contributed by atoms with E-state index in [0.29, 0.717) is 0 Å². The standard InChI is InChI=1S/C25H15N5.C9H11N/c1-2-7-16-14-27-22(12-15(16)6-1)30-21-10-5-11-26-24(21)18-13-20-23(29-25(18)30)17-8-3-4-9-19(17)28-20;1-2-8-5-3-4-6-9(8)7-10/h1-14,28H;2-7H,10H2,1H3/b;8-2-,9-7-. The third kappa shape index (κ3) is 3.85. The number of nitrogens with one attached hydrogen (secondary N) is 1. The summed E-state index contributed by atoms with van der Waals surface area (Å²) in [6, 6.07) is 32.9. The molecule has 0 aliphatic carbocycles. The van der Waals surface area contributed by atoms with Gasteiger partial charge in [-0.15, -0.1) is 0 Å². The monoisotopic (exact) mass is 518 g/mol. The summed E-state index contributed by atoms with van der Waals surface area (Å²) in [7, 11) is 0. The highest BCUT2D eigenvalue weighted by molar-refractivity contribution is 6.13. The van der Waals surface area contributed by atoms with Gasteiger partial charge in [0.15, 0.2) is 0 Å². The van der Waals surface area contributed by atoms with E-state index < -0.39 is 0 Å². The molecule has 192 valence electrons. The van der Waals surface area contributed by atoms with Gasteiger partial charge in [-0.2, -0.15) is 0 Å². The average Bonchev–Trinajstić information content (AvgIpc) is 3.54. The normalized spacial score (nSPS) is 12.5. The minimum atomic E-state index is 0.841. The van der Waals surface area contributed by atoms with Crippen LogP contribution in [0.1, 0.15) is 6.92 Å². The Morgan fingerprint density at radius 1 is 0.725 bits per heavy atom. The number of nitrogens with two attached hydrogens (primary N) is 1. The second-order valence-corrected chi connectivity index (χ2v) is 9.61. The van der Waals surface area contributed by atoms with Gasteiger partial charge in [0.1, 0.15) is 11.5 Å². The van der Waals surface area contributed by atoms with Crippen molar-refractivity contribution in [3.05, 3.63) is 120 Å². The Balaban J connectivity index is 0.000000226. The summed E-state index contributed by atoms with van der Waals surface area (Å²) in [6.07, 6.45) is 7.41. The number of para-hydroxylation sites is 1. The Labute approximate surface area is 229 Å². The molecule has 0 aliphatic rings. The molecule has 3 N–H and O–H groups in total. The SMILES string of the molecule is C/C=c1/cccc/c1=C/N.c1ccc2cc(-n3c4cccnc4c4cc5[nH]c6ccccc6c5nc43)ncc2c1. The molecular weight excluding hydrogens is 492 g/mol. The molecule has 5 aromatic heterocycles. The first-order valence-electron chi connectivity index (χ1n) is 13.2. The zero-order chi connectivity index (χ0) is 27.1. The zero-order valence-corrected chi connectivity index (χ0v) is 21.9. The van der Waals surface area contributed by atoms with Gasteiger partial charge in [-0.3, -0.25) is 9.55 Å². The van der Waals surface area contributed by atoms with Crippen molar-refractivity contribution in [2.75, 3.05) is 0 Å². The fourth-order valence-electron chi connectivity index (χ4n) is 5.34. The summed E-state index contributed by atoms with van der Waals surface area (Å²) in [4.78, 5) is 18.0. The highest BCUT2D eigenvalue weighted by atomic mass is 15.1. The summed E-state index contributed by atoms with van der Waals surface area (Å²) in [6.45, 7) is 2.00. The van der Waals surface area contributed by atoms with Gasteiger partial charge >= 0.3 is 0 Å². The van der Waals surface area contributed by atoms with Crippen molar-refractivity contribution in [3.8, 4) is 5.82 Å². The number of pyridine rings is 3. The third-order valence-electron chi connectivity index (χ3n) is 7.28. The van der Waals surface area contributed by atoms with Crippen molar-refractivity contribution in [1.29, 1.82) is 0 Å².